The van der Waals surface area contributed by atoms with Gasteiger partial charge in [-0.05, 0) is 18.6 Å². The van der Waals surface area contributed by atoms with Gasteiger partial charge in [-0.15, -0.1) is 6.58 Å². The van der Waals surface area contributed by atoms with Crippen LogP contribution in [0.25, 0.3) is 0 Å². The zero-order valence-corrected chi connectivity index (χ0v) is 13.2. The summed E-state index contributed by atoms with van der Waals surface area (Å²) in [5, 5.41) is 2.23. The van der Waals surface area contributed by atoms with Gasteiger partial charge in [-0.2, -0.15) is 13.2 Å². The van der Waals surface area contributed by atoms with Gasteiger partial charge < -0.3 is 14.8 Å². The number of esters is 1. The summed E-state index contributed by atoms with van der Waals surface area (Å²) in [4.78, 5) is 24.0. The number of alkyl halides is 3. The first-order valence-electron chi connectivity index (χ1n) is 6.99. The van der Waals surface area contributed by atoms with Crippen LogP contribution in [0.15, 0.2) is 36.9 Å². The lowest BCUT2D eigenvalue weighted by molar-refractivity contribution is -0.148. The van der Waals surface area contributed by atoms with E-state index in [2.05, 4.69) is 16.6 Å². The fourth-order valence-electron chi connectivity index (χ4n) is 1.94. The van der Waals surface area contributed by atoms with Crippen LogP contribution in [0.2, 0.25) is 0 Å². The molecule has 24 heavy (non-hydrogen) atoms. The van der Waals surface area contributed by atoms with Crippen LogP contribution in [0, 0.1) is 0 Å². The number of amides is 1. The third kappa shape index (κ3) is 5.09. The molecule has 0 bridgehead atoms. The number of rotatable bonds is 7. The van der Waals surface area contributed by atoms with Crippen LogP contribution in [0.4, 0.5) is 13.2 Å². The van der Waals surface area contributed by atoms with E-state index in [-0.39, 0.29) is 6.61 Å². The van der Waals surface area contributed by atoms with E-state index in [1.54, 1.807) is 0 Å². The zero-order valence-electron chi connectivity index (χ0n) is 13.2. The molecule has 0 unspecified atom stereocenters. The highest BCUT2D eigenvalue weighted by Crippen LogP contribution is 2.34. The predicted molar refractivity (Wildman–Crippen MR) is 80.0 cm³/mol. The van der Waals surface area contributed by atoms with Crippen LogP contribution < -0.4 is 5.32 Å². The molecule has 1 aromatic rings. The van der Waals surface area contributed by atoms with Crippen molar-refractivity contribution in [2.24, 2.45) is 0 Å². The minimum atomic E-state index is -4.68. The van der Waals surface area contributed by atoms with Crippen molar-refractivity contribution in [3.8, 4) is 0 Å². The normalized spacial score (nSPS) is 13.7. The number of ether oxygens (including phenoxy) is 2. The quantitative estimate of drug-likeness (QED) is 0.609. The van der Waals surface area contributed by atoms with Crippen molar-refractivity contribution in [1.29, 1.82) is 0 Å². The number of carbonyl (C=O) groups excluding carboxylic acids is 2. The molecule has 132 valence electrons. The summed E-state index contributed by atoms with van der Waals surface area (Å²) >= 11 is 0. The highest BCUT2D eigenvalue weighted by Gasteiger charge is 2.38. The van der Waals surface area contributed by atoms with Crippen molar-refractivity contribution < 1.29 is 32.2 Å². The number of benzene rings is 1. The van der Waals surface area contributed by atoms with Gasteiger partial charge in [0.15, 0.2) is 6.04 Å². The lowest BCUT2D eigenvalue weighted by Crippen LogP contribution is -2.41. The van der Waals surface area contributed by atoms with Gasteiger partial charge in [0.05, 0.1) is 19.3 Å². The van der Waals surface area contributed by atoms with E-state index < -0.39 is 41.3 Å². The summed E-state index contributed by atoms with van der Waals surface area (Å²) in [6, 6.07) is 2.87. The van der Waals surface area contributed by atoms with Gasteiger partial charge in [-0.3, -0.25) is 4.79 Å². The zero-order chi connectivity index (χ0) is 18.3. The molecule has 0 aliphatic rings. The summed E-state index contributed by atoms with van der Waals surface area (Å²) in [6.45, 7) is 4.91. The summed E-state index contributed by atoms with van der Waals surface area (Å²) in [6.07, 6.45) is -4.24. The molecule has 8 heteroatoms. The molecular weight excluding hydrogens is 327 g/mol. The maximum absolute atomic E-state index is 13.1. The predicted octanol–water partition coefficient (Wildman–Crippen LogP) is 2.63. The summed E-state index contributed by atoms with van der Waals surface area (Å²) in [5.74, 6) is -1.76. The first-order valence-corrected chi connectivity index (χ1v) is 6.99. The number of methoxy groups -OCH3 is 1. The number of nitrogens with one attached hydrogen (secondary N) is 1. The molecule has 0 saturated carbocycles. The van der Waals surface area contributed by atoms with Gasteiger partial charge >= 0.3 is 12.1 Å². The molecule has 0 spiro atoms. The lowest BCUT2D eigenvalue weighted by Gasteiger charge is -2.22. The molecular formula is C16H18F3NO4. The molecule has 5 nitrogen and oxygen atoms in total. The SMILES string of the molecule is C=CCO[C@@H](C)C(=O)N[C@@H](C(=O)OC)c1ccccc1C(F)(F)F. The summed E-state index contributed by atoms with van der Waals surface area (Å²) in [7, 11) is 1.02. The molecule has 0 aliphatic heterocycles. The summed E-state index contributed by atoms with van der Waals surface area (Å²) in [5.41, 5.74) is -1.43. The highest BCUT2D eigenvalue weighted by atomic mass is 19.4. The lowest BCUT2D eigenvalue weighted by atomic mass is 9.99. The summed E-state index contributed by atoms with van der Waals surface area (Å²) < 4.78 is 49.0. The van der Waals surface area contributed by atoms with E-state index in [9.17, 15) is 22.8 Å². The molecule has 2 atom stereocenters. The number of carbonyl (C=O) groups is 2. The Morgan fingerprint density at radius 2 is 1.96 bits per heavy atom. The minimum Gasteiger partial charge on any atom is -0.467 e. The van der Waals surface area contributed by atoms with Crippen molar-refractivity contribution in [1.82, 2.24) is 5.32 Å². The first kappa shape index (κ1) is 19.7. The number of halogens is 3. The standard InChI is InChI=1S/C16H18F3NO4/c1-4-9-24-10(2)14(21)20-13(15(22)23-3)11-7-5-6-8-12(11)16(17,18)19/h4-8,10,13H,1,9H2,2-3H3,(H,20,21)/t10-,13+/m0/s1. The van der Waals surface area contributed by atoms with E-state index >= 15 is 0 Å². The van der Waals surface area contributed by atoms with Crippen molar-refractivity contribution in [2.75, 3.05) is 13.7 Å². The minimum absolute atomic E-state index is 0.0800. The molecule has 1 N–H and O–H groups in total. The Hall–Kier alpha value is -2.35. The van der Waals surface area contributed by atoms with Gasteiger partial charge in [0.2, 0.25) is 5.91 Å². The van der Waals surface area contributed by atoms with Crippen LogP contribution in [-0.2, 0) is 25.2 Å². The van der Waals surface area contributed by atoms with Crippen LogP contribution in [-0.4, -0.2) is 31.7 Å². The Labute approximate surface area is 137 Å². The second kappa shape index (κ2) is 8.49. The van der Waals surface area contributed by atoms with Gasteiger partial charge in [0, 0.05) is 0 Å². The van der Waals surface area contributed by atoms with E-state index in [4.69, 9.17) is 4.74 Å². The van der Waals surface area contributed by atoms with Crippen LogP contribution in [0.3, 0.4) is 0 Å². The van der Waals surface area contributed by atoms with E-state index in [0.29, 0.717) is 0 Å². The van der Waals surface area contributed by atoms with Crippen molar-refractivity contribution in [2.45, 2.75) is 25.2 Å². The molecule has 0 saturated heterocycles. The molecule has 1 aromatic carbocycles. The Morgan fingerprint density at radius 1 is 1.33 bits per heavy atom. The van der Waals surface area contributed by atoms with Crippen LogP contribution in [0.1, 0.15) is 24.1 Å². The van der Waals surface area contributed by atoms with Crippen molar-refractivity contribution in [3.05, 3.63) is 48.0 Å². The number of hydrogen-bond acceptors (Lipinski definition) is 4. The average molecular weight is 345 g/mol. The topological polar surface area (TPSA) is 64.6 Å². The maximum atomic E-state index is 13.1. The highest BCUT2D eigenvalue weighted by molar-refractivity contribution is 5.87. The second-order valence-corrected chi connectivity index (χ2v) is 4.81. The second-order valence-electron chi connectivity index (χ2n) is 4.81. The fraction of sp³-hybridized carbons (Fsp3) is 0.375. The molecule has 1 rings (SSSR count). The maximum Gasteiger partial charge on any atom is 0.416 e. The molecule has 0 radical (unpaired) electrons. The van der Waals surface area contributed by atoms with Crippen molar-refractivity contribution in [3.63, 3.8) is 0 Å². The van der Waals surface area contributed by atoms with Crippen LogP contribution in [0.5, 0.6) is 0 Å². The first-order chi connectivity index (χ1) is 11.2. The third-order valence-electron chi connectivity index (χ3n) is 3.13. The molecule has 0 aliphatic carbocycles. The Bertz CT molecular complexity index is 601. The van der Waals surface area contributed by atoms with Crippen molar-refractivity contribution >= 4 is 11.9 Å². The Balaban J connectivity index is 3.14. The van der Waals surface area contributed by atoms with E-state index in [0.717, 1.165) is 19.2 Å². The van der Waals surface area contributed by atoms with Gasteiger partial charge in [-0.25, -0.2) is 4.79 Å². The van der Waals surface area contributed by atoms with Gasteiger partial charge in [-0.1, -0.05) is 24.3 Å². The molecule has 1 amide bonds. The number of hydrogen-bond donors (Lipinski definition) is 1. The van der Waals surface area contributed by atoms with E-state index in [1.165, 1.54) is 25.1 Å². The Morgan fingerprint density at radius 3 is 2.50 bits per heavy atom. The van der Waals surface area contributed by atoms with Gasteiger partial charge in [0.25, 0.3) is 0 Å². The van der Waals surface area contributed by atoms with Gasteiger partial charge in [0.1, 0.15) is 6.10 Å². The Kier molecular flexibility index (Phi) is 6.97. The smallest absolute Gasteiger partial charge is 0.416 e. The molecule has 0 fully saturated rings. The molecule has 0 aromatic heterocycles. The van der Waals surface area contributed by atoms with Crippen LogP contribution >= 0.6 is 0 Å². The van der Waals surface area contributed by atoms with E-state index in [1.807, 2.05) is 0 Å². The third-order valence-corrected chi connectivity index (χ3v) is 3.13. The monoisotopic (exact) mass is 345 g/mol. The molecule has 0 heterocycles. The largest absolute Gasteiger partial charge is 0.467 e. The fourth-order valence-corrected chi connectivity index (χ4v) is 1.94. The average Bonchev–Trinajstić information content (AvgIpc) is 2.55.